The summed E-state index contributed by atoms with van der Waals surface area (Å²) in [5.74, 6) is 3.60. The van der Waals surface area contributed by atoms with Gasteiger partial charge in [-0.15, -0.1) is 0 Å². The van der Waals surface area contributed by atoms with E-state index in [9.17, 15) is 9.59 Å². The molecule has 4 fully saturated rings. The number of hydrogen-bond acceptors (Lipinski definition) is 2. The molecule has 1 saturated heterocycles. The normalized spacial score (nSPS) is 44.1. The summed E-state index contributed by atoms with van der Waals surface area (Å²) in [6.07, 6.45) is 10.1. The van der Waals surface area contributed by atoms with E-state index in [2.05, 4.69) is 32.6 Å². The van der Waals surface area contributed by atoms with Gasteiger partial charge in [0.25, 0.3) is 0 Å². The molecule has 0 aromatic carbocycles. The van der Waals surface area contributed by atoms with Gasteiger partial charge in [0.15, 0.2) is 0 Å². The molecule has 0 aromatic rings. The first-order chi connectivity index (χ1) is 13.8. The number of rotatable bonds is 4. The highest BCUT2D eigenvalue weighted by Crippen LogP contribution is 2.66. The number of likely N-dealkylation sites (tertiary alicyclic amines) is 1. The molecule has 1 heterocycles. The minimum Gasteiger partial charge on any atom is -0.343 e. The van der Waals surface area contributed by atoms with Crippen LogP contribution >= 0.6 is 0 Å². The largest absolute Gasteiger partial charge is 0.343 e. The lowest BCUT2D eigenvalue weighted by molar-refractivity contribution is -0.158. The summed E-state index contributed by atoms with van der Waals surface area (Å²) in [4.78, 5) is 29.3. The average molecular weight is 403 g/mol. The maximum atomic E-state index is 12.9. The maximum Gasteiger partial charge on any atom is 0.222 e. The third kappa shape index (κ3) is 3.15. The third-order valence-electron chi connectivity index (χ3n) is 10.3. The molecule has 4 heteroatoms. The minimum absolute atomic E-state index is 0.294. The van der Waals surface area contributed by atoms with Crippen molar-refractivity contribution in [1.82, 2.24) is 9.80 Å². The van der Waals surface area contributed by atoms with Gasteiger partial charge in [0.1, 0.15) is 0 Å². The maximum absolute atomic E-state index is 12.9. The minimum atomic E-state index is 0.294. The Kier molecular flexibility index (Phi) is 5.53. The SMILES string of the molecule is CCN(CC)C(=O)C[C@H]1CC[C@H]2[C@@H]3CCC4N(C)C(=O)CC[C@]4(C)[C@H]3CC[C@]12C. The number of carbonyl (C=O) groups excluding carboxylic acids is 2. The lowest BCUT2D eigenvalue weighted by Gasteiger charge is -2.61. The molecule has 3 saturated carbocycles. The van der Waals surface area contributed by atoms with Crippen molar-refractivity contribution in [3.05, 3.63) is 0 Å². The Balaban J connectivity index is 1.52. The molecule has 4 aliphatic rings. The first kappa shape index (κ1) is 21.2. The Morgan fingerprint density at radius 2 is 1.69 bits per heavy atom. The Bertz CT molecular complexity index is 659. The van der Waals surface area contributed by atoms with E-state index in [1.807, 2.05) is 11.9 Å². The van der Waals surface area contributed by atoms with Crippen molar-refractivity contribution in [2.45, 2.75) is 91.5 Å². The van der Waals surface area contributed by atoms with Crippen molar-refractivity contribution in [3.63, 3.8) is 0 Å². The van der Waals surface area contributed by atoms with Crippen molar-refractivity contribution < 1.29 is 9.59 Å². The molecule has 0 bridgehead atoms. The molecule has 4 rings (SSSR count). The number of nitrogens with zero attached hydrogens (tertiary/aromatic N) is 2. The first-order valence-corrected chi connectivity index (χ1v) is 12.3. The highest BCUT2D eigenvalue weighted by Gasteiger charge is 2.61. The molecular formula is C25H42N2O2. The quantitative estimate of drug-likeness (QED) is 0.682. The molecule has 0 N–H and O–H groups in total. The highest BCUT2D eigenvalue weighted by atomic mass is 16.2. The van der Waals surface area contributed by atoms with Crippen LogP contribution in [0.1, 0.15) is 85.5 Å². The third-order valence-corrected chi connectivity index (χ3v) is 10.3. The fourth-order valence-corrected chi connectivity index (χ4v) is 8.51. The van der Waals surface area contributed by atoms with E-state index < -0.39 is 0 Å². The fraction of sp³-hybridized carbons (Fsp3) is 0.920. The molecule has 3 aliphatic carbocycles. The predicted molar refractivity (Wildman–Crippen MR) is 116 cm³/mol. The summed E-state index contributed by atoms with van der Waals surface area (Å²) in [6, 6.07) is 0.441. The van der Waals surface area contributed by atoms with Crippen LogP contribution in [0, 0.1) is 34.5 Å². The van der Waals surface area contributed by atoms with Crippen LogP contribution < -0.4 is 0 Å². The molecule has 29 heavy (non-hydrogen) atoms. The summed E-state index contributed by atoms with van der Waals surface area (Å²) < 4.78 is 0. The van der Waals surface area contributed by atoms with Crippen LogP contribution in [0.15, 0.2) is 0 Å². The second kappa shape index (κ2) is 7.57. The van der Waals surface area contributed by atoms with Crippen LogP contribution in [0.2, 0.25) is 0 Å². The molecule has 1 aliphatic heterocycles. The second-order valence-electron chi connectivity index (χ2n) is 11.1. The number of amides is 2. The summed E-state index contributed by atoms with van der Waals surface area (Å²) >= 11 is 0. The fourth-order valence-electron chi connectivity index (χ4n) is 8.51. The van der Waals surface area contributed by atoms with E-state index in [1.54, 1.807) is 0 Å². The van der Waals surface area contributed by atoms with E-state index in [1.165, 1.54) is 38.5 Å². The van der Waals surface area contributed by atoms with E-state index in [0.29, 0.717) is 34.6 Å². The lowest BCUT2D eigenvalue weighted by atomic mass is 9.46. The zero-order valence-electron chi connectivity index (χ0n) is 19.4. The van der Waals surface area contributed by atoms with Crippen LogP contribution in [0.25, 0.3) is 0 Å². The Hall–Kier alpha value is -1.06. The van der Waals surface area contributed by atoms with Crippen molar-refractivity contribution in [2.24, 2.45) is 34.5 Å². The summed E-state index contributed by atoms with van der Waals surface area (Å²) in [6.45, 7) is 10.9. The molecule has 2 amide bonds. The summed E-state index contributed by atoms with van der Waals surface area (Å²) in [5.41, 5.74) is 0.631. The number of carbonyl (C=O) groups is 2. The highest BCUT2D eigenvalue weighted by molar-refractivity contribution is 5.77. The van der Waals surface area contributed by atoms with Gasteiger partial charge in [0.05, 0.1) is 0 Å². The Morgan fingerprint density at radius 1 is 1.00 bits per heavy atom. The summed E-state index contributed by atoms with van der Waals surface area (Å²) in [7, 11) is 2.04. The van der Waals surface area contributed by atoms with Crippen LogP contribution in [0.5, 0.6) is 0 Å². The smallest absolute Gasteiger partial charge is 0.222 e. The second-order valence-corrected chi connectivity index (χ2v) is 11.1. The monoisotopic (exact) mass is 402 g/mol. The van der Waals surface area contributed by atoms with E-state index in [4.69, 9.17) is 0 Å². The lowest BCUT2D eigenvalue weighted by Crippen LogP contribution is -2.61. The van der Waals surface area contributed by atoms with Gasteiger partial charge in [-0.2, -0.15) is 0 Å². The van der Waals surface area contributed by atoms with Gasteiger partial charge in [-0.1, -0.05) is 13.8 Å². The van der Waals surface area contributed by atoms with Crippen LogP contribution in [-0.4, -0.2) is 47.8 Å². The van der Waals surface area contributed by atoms with Gasteiger partial charge in [0, 0.05) is 39.0 Å². The van der Waals surface area contributed by atoms with Gasteiger partial charge in [-0.25, -0.2) is 0 Å². The van der Waals surface area contributed by atoms with E-state index >= 15 is 0 Å². The van der Waals surface area contributed by atoms with Gasteiger partial charge in [-0.05, 0) is 93.3 Å². The molecule has 0 spiro atoms. The van der Waals surface area contributed by atoms with Gasteiger partial charge >= 0.3 is 0 Å². The molecule has 164 valence electrons. The van der Waals surface area contributed by atoms with Gasteiger partial charge < -0.3 is 9.80 Å². The number of hydrogen-bond donors (Lipinski definition) is 0. The van der Waals surface area contributed by atoms with E-state index in [-0.39, 0.29) is 0 Å². The van der Waals surface area contributed by atoms with Crippen molar-refractivity contribution in [1.29, 1.82) is 0 Å². The molecule has 0 aromatic heterocycles. The molecular weight excluding hydrogens is 360 g/mol. The van der Waals surface area contributed by atoms with Crippen molar-refractivity contribution in [3.8, 4) is 0 Å². The van der Waals surface area contributed by atoms with Crippen LogP contribution in [0.4, 0.5) is 0 Å². The molecule has 4 nitrogen and oxygen atoms in total. The van der Waals surface area contributed by atoms with Crippen LogP contribution in [-0.2, 0) is 9.59 Å². The summed E-state index contributed by atoms with van der Waals surface area (Å²) in [5, 5.41) is 0. The first-order valence-electron chi connectivity index (χ1n) is 12.3. The zero-order valence-corrected chi connectivity index (χ0v) is 19.4. The molecule has 7 atom stereocenters. The molecule has 0 radical (unpaired) electrons. The van der Waals surface area contributed by atoms with Gasteiger partial charge in [-0.3, -0.25) is 9.59 Å². The Morgan fingerprint density at radius 3 is 2.38 bits per heavy atom. The van der Waals surface area contributed by atoms with E-state index in [0.717, 1.165) is 50.1 Å². The van der Waals surface area contributed by atoms with Crippen LogP contribution in [0.3, 0.4) is 0 Å². The number of piperidine rings is 1. The predicted octanol–water partition coefficient (Wildman–Crippen LogP) is 4.72. The van der Waals surface area contributed by atoms with Crippen molar-refractivity contribution >= 4 is 11.8 Å². The zero-order chi connectivity index (χ0) is 21.0. The van der Waals surface area contributed by atoms with Gasteiger partial charge in [0.2, 0.25) is 11.8 Å². The number of fused-ring (bicyclic) bond motifs is 5. The topological polar surface area (TPSA) is 40.6 Å². The Labute approximate surface area is 177 Å². The average Bonchev–Trinajstić information content (AvgIpc) is 3.02. The molecule has 1 unspecified atom stereocenters. The standard InChI is InChI=1S/C25H42N2O2/c1-6-27(7-2)23(29)16-17-8-10-19-18-9-11-21-25(4,15-13-22(28)26(21)5)20(18)12-14-24(17,19)3/h17-21H,6-16H2,1-5H3/t17-,18+,19+,20+,21?,24-,25-/m1/s1. The van der Waals surface area contributed by atoms with Crippen molar-refractivity contribution in [2.75, 3.05) is 20.1 Å².